The zero-order valence-corrected chi connectivity index (χ0v) is 23.6. The van der Waals surface area contributed by atoms with E-state index in [0.717, 1.165) is 32.1 Å². The van der Waals surface area contributed by atoms with Crippen LogP contribution in [-0.4, -0.2) is 42.6 Å². The van der Waals surface area contributed by atoms with Crippen molar-refractivity contribution in [2.45, 2.75) is 105 Å². The minimum absolute atomic E-state index is 0.0472. The highest BCUT2D eigenvalue weighted by Gasteiger charge is 2.75. The quantitative estimate of drug-likeness (QED) is 0.236. The van der Waals surface area contributed by atoms with Crippen molar-refractivity contribution in [1.29, 1.82) is 0 Å². The highest BCUT2D eigenvalue weighted by atomic mass is 16.6. The molecule has 0 N–H and O–H groups in total. The van der Waals surface area contributed by atoms with Gasteiger partial charge in [-0.15, -0.1) is 0 Å². The molecule has 3 saturated carbocycles. The lowest BCUT2D eigenvalue weighted by atomic mass is 9.44. The van der Waals surface area contributed by atoms with Gasteiger partial charge >= 0.3 is 11.9 Å². The average Bonchev–Trinajstić information content (AvgIpc) is 3.50. The standard InChI is InChI=1S/C31H46O6/c1-7-31-24-17-19(32)12-14-30(24,6)23-13-15-29(5)21(10-11-22(29)25(23)26(31)37-31)18(4)16-20(27(33)35-8-2)28(34)36-9-3/h17-18,20-23,25-26H,7-16H2,1-6H3/t18-,21?,22?,23?,25?,26+,29-,30-,31-/m1/s1. The number of hydrogen-bond donors (Lipinski definition) is 0. The first-order valence-corrected chi connectivity index (χ1v) is 14.8. The number of epoxide rings is 1. The molecule has 1 heterocycles. The molecule has 5 rings (SSSR count). The summed E-state index contributed by atoms with van der Waals surface area (Å²) in [5, 5.41) is 0. The molecule has 5 aliphatic rings. The lowest BCUT2D eigenvalue weighted by Crippen LogP contribution is -2.56. The molecule has 206 valence electrons. The number of esters is 2. The van der Waals surface area contributed by atoms with Gasteiger partial charge in [-0.3, -0.25) is 14.4 Å². The molecule has 4 unspecified atom stereocenters. The predicted octanol–water partition coefficient (Wildman–Crippen LogP) is 5.67. The topological polar surface area (TPSA) is 82.2 Å². The van der Waals surface area contributed by atoms with Crippen LogP contribution < -0.4 is 0 Å². The van der Waals surface area contributed by atoms with Crippen molar-refractivity contribution in [3.8, 4) is 0 Å². The maximum Gasteiger partial charge on any atom is 0.320 e. The minimum Gasteiger partial charge on any atom is -0.465 e. The van der Waals surface area contributed by atoms with Crippen molar-refractivity contribution in [1.82, 2.24) is 0 Å². The Bertz CT molecular complexity index is 968. The summed E-state index contributed by atoms with van der Waals surface area (Å²) >= 11 is 0. The van der Waals surface area contributed by atoms with Crippen molar-refractivity contribution in [3.63, 3.8) is 0 Å². The van der Waals surface area contributed by atoms with Crippen molar-refractivity contribution < 1.29 is 28.6 Å². The van der Waals surface area contributed by atoms with Crippen LogP contribution in [-0.2, 0) is 28.6 Å². The Morgan fingerprint density at radius 3 is 2.32 bits per heavy atom. The van der Waals surface area contributed by atoms with Gasteiger partial charge in [-0.1, -0.05) is 27.7 Å². The molecule has 0 amide bonds. The molecule has 9 atom stereocenters. The molecular formula is C31H46O6. The molecule has 1 aliphatic heterocycles. The van der Waals surface area contributed by atoms with Crippen molar-refractivity contribution >= 4 is 17.7 Å². The summed E-state index contributed by atoms with van der Waals surface area (Å²) in [6.07, 6.45) is 9.78. The number of carbonyl (C=O) groups excluding carboxylic acids is 3. The van der Waals surface area contributed by atoms with E-state index >= 15 is 0 Å². The molecular weight excluding hydrogens is 468 g/mol. The zero-order chi connectivity index (χ0) is 26.8. The third-order valence-corrected chi connectivity index (χ3v) is 11.5. The van der Waals surface area contributed by atoms with Gasteiger partial charge in [-0.2, -0.15) is 0 Å². The van der Waals surface area contributed by atoms with Crippen LogP contribution >= 0.6 is 0 Å². The molecule has 4 aliphatic carbocycles. The van der Waals surface area contributed by atoms with Crippen LogP contribution in [0.15, 0.2) is 11.6 Å². The van der Waals surface area contributed by atoms with Crippen LogP contribution in [0.5, 0.6) is 0 Å². The Morgan fingerprint density at radius 2 is 1.70 bits per heavy atom. The monoisotopic (exact) mass is 514 g/mol. The fraction of sp³-hybridized carbons (Fsp3) is 0.839. The van der Waals surface area contributed by atoms with E-state index in [4.69, 9.17) is 14.2 Å². The van der Waals surface area contributed by atoms with Gasteiger partial charge in [0, 0.05) is 6.42 Å². The molecule has 6 heteroatoms. The van der Waals surface area contributed by atoms with Gasteiger partial charge in [0.2, 0.25) is 0 Å². The summed E-state index contributed by atoms with van der Waals surface area (Å²) in [5.41, 5.74) is 1.25. The summed E-state index contributed by atoms with van der Waals surface area (Å²) in [5.74, 6) is 0.784. The van der Waals surface area contributed by atoms with E-state index in [0.29, 0.717) is 36.5 Å². The lowest BCUT2D eigenvalue weighted by Gasteiger charge is -2.58. The first-order valence-electron chi connectivity index (χ1n) is 14.8. The third-order valence-electron chi connectivity index (χ3n) is 11.5. The van der Waals surface area contributed by atoms with Gasteiger partial charge in [0.25, 0.3) is 0 Å². The molecule has 0 aromatic carbocycles. The van der Waals surface area contributed by atoms with E-state index in [1.807, 2.05) is 6.08 Å². The first-order chi connectivity index (χ1) is 17.6. The SMILES string of the molecule is CCOC(=O)C(C[C@@H](C)C1CCC2C3C(CC[C@@]21C)[C@@]1(C)CCC(=O)C=C1[C@@]1(CC)O[C@@H]31)C(=O)OCC. The van der Waals surface area contributed by atoms with Crippen LogP contribution in [0, 0.1) is 46.3 Å². The maximum absolute atomic E-state index is 12.7. The largest absolute Gasteiger partial charge is 0.465 e. The highest BCUT2D eigenvalue weighted by Crippen LogP contribution is 2.74. The van der Waals surface area contributed by atoms with Crippen LogP contribution in [0.1, 0.15) is 92.9 Å². The Hall–Kier alpha value is -1.69. The summed E-state index contributed by atoms with van der Waals surface area (Å²) < 4.78 is 17.2. The molecule has 1 saturated heterocycles. The lowest BCUT2D eigenvalue weighted by molar-refractivity contribution is -0.163. The van der Waals surface area contributed by atoms with Gasteiger partial charge in [0.15, 0.2) is 11.7 Å². The zero-order valence-electron chi connectivity index (χ0n) is 23.6. The van der Waals surface area contributed by atoms with Gasteiger partial charge in [0.1, 0.15) is 5.60 Å². The van der Waals surface area contributed by atoms with Crippen molar-refractivity contribution in [2.75, 3.05) is 13.2 Å². The van der Waals surface area contributed by atoms with Crippen molar-refractivity contribution in [2.24, 2.45) is 46.3 Å². The number of ether oxygens (including phenoxy) is 3. The van der Waals surface area contributed by atoms with Crippen LogP contribution in [0.25, 0.3) is 0 Å². The Kier molecular flexibility index (Phi) is 6.90. The fourth-order valence-corrected chi connectivity index (χ4v) is 9.83. The normalized spacial score (nSPS) is 42.6. The molecule has 0 radical (unpaired) electrons. The second kappa shape index (κ2) is 9.50. The molecule has 6 nitrogen and oxygen atoms in total. The van der Waals surface area contributed by atoms with Crippen LogP contribution in [0.2, 0.25) is 0 Å². The number of carbonyl (C=O) groups is 3. The van der Waals surface area contributed by atoms with Gasteiger partial charge in [-0.25, -0.2) is 0 Å². The number of hydrogen-bond acceptors (Lipinski definition) is 6. The summed E-state index contributed by atoms with van der Waals surface area (Å²) in [6.45, 7) is 13.4. The van der Waals surface area contributed by atoms with Crippen LogP contribution in [0.3, 0.4) is 0 Å². The number of ketones is 1. The number of fused-ring (bicyclic) bond motifs is 8. The average molecular weight is 515 g/mol. The Labute approximate surface area is 222 Å². The summed E-state index contributed by atoms with van der Waals surface area (Å²) in [4.78, 5) is 37.9. The minimum atomic E-state index is -0.852. The molecule has 0 aromatic rings. The molecule has 0 spiro atoms. The summed E-state index contributed by atoms with van der Waals surface area (Å²) in [7, 11) is 0. The van der Waals surface area contributed by atoms with Crippen LogP contribution in [0.4, 0.5) is 0 Å². The Morgan fingerprint density at radius 1 is 1.03 bits per heavy atom. The van der Waals surface area contributed by atoms with Gasteiger partial charge in [0.05, 0.1) is 19.3 Å². The van der Waals surface area contributed by atoms with E-state index < -0.39 is 17.9 Å². The van der Waals surface area contributed by atoms with E-state index in [-0.39, 0.29) is 47.4 Å². The maximum atomic E-state index is 12.7. The van der Waals surface area contributed by atoms with E-state index in [1.165, 1.54) is 12.0 Å². The van der Waals surface area contributed by atoms with E-state index in [1.54, 1.807) is 13.8 Å². The smallest absolute Gasteiger partial charge is 0.320 e. The highest BCUT2D eigenvalue weighted by molar-refractivity contribution is 5.95. The second-order valence-corrected chi connectivity index (χ2v) is 13.0. The third kappa shape index (κ3) is 3.94. The molecule has 4 fully saturated rings. The summed E-state index contributed by atoms with van der Waals surface area (Å²) in [6, 6.07) is 0. The number of rotatable bonds is 8. The second-order valence-electron chi connectivity index (χ2n) is 13.0. The first kappa shape index (κ1) is 26.9. The van der Waals surface area contributed by atoms with E-state index in [2.05, 4.69) is 27.7 Å². The molecule has 0 bridgehead atoms. The Balaban J connectivity index is 1.40. The van der Waals surface area contributed by atoms with Gasteiger partial charge in [-0.05, 0) is 111 Å². The molecule has 0 aromatic heterocycles. The molecule has 37 heavy (non-hydrogen) atoms. The van der Waals surface area contributed by atoms with Gasteiger partial charge < -0.3 is 14.2 Å². The predicted molar refractivity (Wildman–Crippen MR) is 139 cm³/mol. The van der Waals surface area contributed by atoms with E-state index in [9.17, 15) is 14.4 Å². The fourth-order valence-electron chi connectivity index (χ4n) is 9.83. The van der Waals surface area contributed by atoms with Crippen molar-refractivity contribution in [3.05, 3.63) is 11.6 Å².